The van der Waals surface area contributed by atoms with Gasteiger partial charge in [0.1, 0.15) is 0 Å². The molecule has 0 radical (unpaired) electrons. The van der Waals surface area contributed by atoms with E-state index in [-0.39, 0.29) is 5.78 Å². The van der Waals surface area contributed by atoms with Crippen LogP contribution in [0.25, 0.3) is 10.8 Å². The average molecular weight is 318 g/mol. The number of benzene rings is 1. The molecule has 24 heavy (non-hydrogen) atoms. The lowest BCUT2D eigenvalue weighted by Gasteiger charge is -2.11. The SMILES string of the molecule is CC(=O)c1cnc(N=C/C(=C\N)C2=CC=CNC2)c2ccccc12. The molecular weight excluding hydrogens is 300 g/mol. The molecule has 0 amide bonds. The lowest BCUT2D eigenvalue weighted by Crippen LogP contribution is -2.15. The number of hydrogen-bond acceptors (Lipinski definition) is 5. The highest BCUT2D eigenvalue weighted by molar-refractivity contribution is 6.09. The highest BCUT2D eigenvalue weighted by Gasteiger charge is 2.10. The number of nitrogens with two attached hydrogens (primary N) is 1. The number of ketones is 1. The number of dihydropyridines is 1. The van der Waals surface area contributed by atoms with E-state index < -0.39 is 0 Å². The van der Waals surface area contributed by atoms with Gasteiger partial charge in [0.25, 0.3) is 0 Å². The molecular formula is C19H18N4O. The molecule has 0 atom stereocenters. The van der Waals surface area contributed by atoms with Gasteiger partial charge in [-0.3, -0.25) is 4.79 Å². The smallest absolute Gasteiger partial charge is 0.161 e. The fourth-order valence-corrected chi connectivity index (χ4v) is 2.58. The Morgan fingerprint density at radius 1 is 1.33 bits per heavy atom. The van der Waals surface area contributed by atoms with Crippen molar-refractivity contribution in [2.24, 2.45) is 10.7 Å². The molecule has 1 aliphatic rings. The number of nitrogens with zero attached hydrogens (tertiary/aromatic N) is 2. The number of pyridine rings is 1. The van der Waals surface area contributed by atoms with Crippen LogP contribution in [-0.2, 0) is 0 Å². The summed E-state index contributed by atoms with van der Waals surface area (Å²) in [7, 11) is 0. The van der Waals surface area contributed by atoms with Crippen molar-refractivity contribution in [3.63, 3.8) is 0 Å². The van der Waals surface area contributed by atoms with Gasteiger partial charge in [-0.15, -0.1) is 0 Å². The maximum absolute atomic E-state index is 11.8. The minimum Gasteiger partial charge on any atom is -0.404 e. The molecule has 1 aromatic heterocycles. The van der Waals surface area contributed by atoms with Gasteiger partial charge in [-0.05, 0) is 30.2 Å². The average Bonchev–Trinajstić information content (AvgIpc) is 2.63. The number of carbonyl (C=O) groups excluding carboxylic acids is 1. The summed E-state index contributed by atoms with van der Waals surface area (Å²) >= 11 is 0. The Labute approximate surface area is 140 Å². The minimum absolute atomic E-state index is 0.0120. The van der Waals surface area contributed by atoms with Crippen LogP contribution in [0.15, 0.2) is 71.2 Å². The zero-order valence-electron chi connectivity index (χ0n) is 13.4. The van der Waals surface area contributed by atoms with Gasteiger partial charge < -0.3 is 11.1 Å². The molecule has 0 fully saturated rings. The van der Waals surface area contributed by atoms with Gasteiger partial charge in [0.2, 0.25) is 0 Å². The number of carbonyl (C=O) groups is 1. The molecule has 120 valence electrons. The van der Waals surface area contributed by atoms with E-state index in [1.54, 1.807) is 12.4 Å². The Hall–Kier alpha value is -3.21. The van der Waals surface area contributed by atoms with Crippen LogP contribution >= 0.6 is 0 Å². The van der Waals surface area contributed by atoms with Gasteiger partial charge in [0.15, 0.2) is 11.6 Å². The molecule has 0 spiro atoms. The molecule has 3 rings (SSSR count). The maximum Gasteiger partial charge on any atom is 0.161 e. The van der Waals surface area contributed by atoms with Crippen LogP contribution in [0.4, 0.5) is 5.82 Å². The molecule has 0 aliphatic carbocycles. The number of nitrogens with one attached hydrogen (secondary N) is 1. The van der Waals surface area contributed by atoms with Gasteiger partial charge in [-0.1, -0.05) is 30.3 Å². The van der Waals surface area contributed by atoms with Gasteiger partial charge in [0.05, 0.1) is 0 Å². The van der Waals surface area contributed by atoms with Gasteiger partial charge in [0, 0.05) is 41.7 Å². The van der Waals surface area contributed by atoms with E-state index in [0.29, 0.717) is 17.9 Å². The van der Waals surface area contributed by atoms with Crippen LogP contribution in [0.5, 0.6) is 0 Å². The Morgan fingerprint density at radius 3 is 2.79 bits per heavy atom. The first kappa shape index (κ1) is 15.7. The summed E-state index contributed by atoms with van der Waals surface area (Å²) in [6, 6.07) is 7.63. The van der Waals surface area contributed by atoms with E-state index in [1.807, 2.05) is 42.6 Å². The summed E-state index contributed by atoms with van der Waals surface area (Å²) in [6.07, 6.45) is 10.6. The summed E-state index contributed by atoms with van der Waals surface area (Å²) < 4.78 is 0. The largest absolute Gasteiger partial charge is 0.404 e. The van der Waals surface area contributed by atoms with Gasteiger partial charge >= 0.3 is 0 Å². The standard InChI is InChI=1S/C19H18N4O/c1-13(24)18-12-23-19(17-7-3-2-6-16(17)18)22-11-15(9-20)14-5-4-8-21-10-14/h2-9,11-12,21H,10,20H2,1H3/b15-9+,22-11?. The number of hydrogen-bond donors (Lipinski definition) is 2. The van der Waals surface area contributed by atoms with E-state index in [0.717, 1.165) is 21.9 Å². The predicted molar refractivity (Wildman–Crippen MR) is 97.4 cm³/mol. The number of aliphatic imine (C=N–C) groups is 1. The van der Waals surface area contributed by atoms with Crippen LogP contribution in [0.3, 0.4) is 0 Å². The number of aromatic nitrogens is 1. The molecule has 5 nitrogen and oxygen atoms in total. The quantitative estimate of drug-likeness (QED) is 0.671. The summed E-state index contributed by atoms with van der Waals surface area (Å²) in [5.41, 5.74) is 8.21. The van der Waals surface area contributed by atoms with Crippen molar-refractivity contribution in [3.05, 3.63) is 71.7 Å². The monoisotopic (exact) mass is 318 g/mol. The molecule has 1 aliphatic heterocycles. The van der Waals surface area contributed by atoms with E-state index >= 15 is 0 Å². The predicted octanol–water partition coefficient (Wildman–Crippen LogP) is 3.03. The van der Waals surface area contributed by atoms with E-state index in [2.05, 4.69) is 15.3 Å². The molecule has 0 unspecified atom stereocenters. The van der Waals surface area contributed by atoms with Crippen molar-refractivity contribution in [1.29, 1.82) is 0 Å². The van der Waals surface area contributed by atoms with Crippen molar-refractivity contribution >= 4 is 28.6 Å². The van der Waals surface area contributed by atoms with E-state index in [9.17, 15) is 4.79 Å². The Balaban J connectivity index is 2.01. The van der Waals surface area contributed by atoms with Gasteiger partial charge in [-0.25, -0.2) is 9.98 Å². The fourth-order valence-electron chi connectivity index (χ4n) is 2.58. The van der Waals surface area contributed by atoms with Crippen LogP contribution in [0.2, 0.25) is 0 Å². The summed E-state index contributed by atoms with van der Waals surface area (Å²) in [5.74, 6) is 0.553. The normalized spacial score (nSPS) is 14.7. The lowest BCUT2D eigenvalue weighted by atomic mass is 10.0. The third-order valence-electron chi connectivity index (χ3n) is 3.83. The molecule has 1 aromatic carbocycles. The summed E-state index contributed by atoms with van der Waals surface area (Å²) in [5, 5.41) is 4.83. The first-order chi connectivity index (χ1) is 11.7. The van der Waals surface area contributed by atoms with Crippen molar-refractivity contribution < 1.29 is 4.79 Å². The highest BCUT2D eigenvalue weighted by Crippen LogP contribution is 2.26. The zero-order chi connectivity index (χ0) is 16.9. The maximum atomic E-state index is 11.8. The lowest BCUT2D eigenvalue weighted by molar-refractivity contribution is 0.101. The summed E-state index contributed by atoms with van der Waals surface area (Å²) in [4.78, 5) is 20.6. The molecule has 0 bridgehead atoms. The zero-order valence-corrected chi connectivity index (χ0v) is 13.4. The fraction of sp³-hybridized carbons (Fsp3) is 0.105. The van der Waals surface area contributed by atoms with Crippen molar-refractivity contribution in [2.45, 2.75) is 6.92 Å². The first-order valence-electron chi connectivity index (χ1n) is 7.65. The molecule has 3 N–H and O–H groups in total. The molecule has 0 saturated carbocycles. The van der Waals surface area contributed by atoms with Crippen LogP contribution in [0, 0.1) is 0 Å². The number of rotatable bonds is 4. The van der Waals surface area contributed by atoms with Crippen molar-refractivity contribution in [2.75, 3.05) is 6.54 Å². The van der Waals surface area contributed by atoms with Crippen molar-refractivity contribution in [3.8, 4) is 0 Å². The molecule has 2 aromatic rings. The molecule has 0 saturated heterocycles. The second kappa shape index (κ2) is 6.91. The van der Waals surface area contributed by atoms with E-state index in [1.165, 1.54) is 13.1 Å². The number of fused-ring (bicyclic) bond motifs is 1. The van der Waals surface area contributed by atoms with Crippen molar-refractivity contribution in [1.82, 2.24) is 10.3 Å². The van der Waals surface area contributed by atoms with Gasteiger partial charge in [-0.2, -0.15) is 0 Å². The number of allylic oxidation sites excluding steroid dienone is 2. The number of Topliss-reactive ketones (excluding diaryl/α,β-unsaturated/α-hetero) is 1. The van der Waals surface area contributed by atoms with Crippen LogP contribution in [0.1, 0.15) is 17.3 Å². The third kappa shape index (κ3) is 3.10. The summed E-state index contributed by atoms with van der Waals surface area (Å²) in [6.45, 7) is 2.24. The second-order valence-corrected chi connectivity index (χ2v) is 5.41. The Morgan fingerprint density at radius 2 is 2.12 bits per heavy atom. The Kier molecular flexibility index (Phi) is 4.52. The van der Waals surface area contributed by atoms with E-state index in [4.69, 9.17) is 5.73 Å². The Bertz CT molecular complexity index is 907. The van der Waals surface area contributed by atoms with Crippen LogP contribution in [-0.4, -0.2) is 23.5 Å². The topological polar surface area (TPSA) is 80.4 Å². The second-order valence-electron chi connectivity index (χ2n) is 5.41. The third-order valence-corrected chi connectivity index (χ3v) is 3.83. The van der Waals surface area contributed by atoms with Crippen LogP contribution < -0.4 is 11.1 Å². The first-order valence-corrected chi connectivity index (χ1v) is 7.65. The molecule has 5 heteroatoms. The minimum atomic E-state index is -0.0120. The highest BCUT2D eigenvalue weighted by atomic mass is 16.1. The molecule has 2 heterocycles.